The highest BCUT2D eigenvalue weighted by Gasteiger charge is 2.27. The van der Waals surface area contributed by atoms with Crippen molar-refractivity contribution in [1.29, 1.82) is 5.26 Å². The number of ether oxygens (including phenoxy) is 4. The number of aromatic nitrogens is 2. The fourth-order valence-corrected chi connectivity index (χ4v) is 5.75. The number of nitrogens with zero attached hydrogens (tertiary/aromatic N) is 3. The molecule has 9 nitrogen and oxygen atoms in total. The predicted octanol–water partition coefficient (Wildman–Crippen LogP) is 5.69. The Hall–Kier alpha value is -4.92. The fraction of sp³-hybridized carbons (Fsp3) is 0.103. The maximum absolute atomic E-state index is 14.0. The molecular formula is C29H21N3O6S2. The van der Waals surface area contributed by atoms with Crippen LogP contribution in [0.25, 0.3) is 21.6 Å². The highest BCUT2D eigenvalue weighted by Crippen LogP contribution is 2.40. The lowest BCUT2D eigenvalue weighted by atomic mass is 10.2. The van der Waals surface area contributed by atoms with E-state index in [0.29, 0.717) is 22.0 Å². The second kappa shape index (κ2) is 11.1. The molecule has 40 heavy (non-hydrogen) atoms. The molecule has 0 atom stereocenters. The van der Waals surface area contributed by atoms with Crippen molar-refractivity contribution in [3.8, 4) is 40.4 Å². The molecule has 0 aliphatic carbocycles. The van der Waals surface area contributed by atoms with E-state index in [2.05, 4.69) is 6.07 Å². The van der Waals surface area contributed by atoms with E-state index in [9.17, 15) is 14.9 Å². The van der Waals surface area contributed by atoms with Gasteiger partial charge in [0, 0.05) is 5.69 Å². The molecule has 2 heterocycles. The summed E-state index contributed by atoms with van der Waals surface area (Å²) in [5.41, 5.74) is 0.742. The van der Waals surface area contributed by atoms with Crippen LogP contribution >= 0.6 is 23.6 Å². The van der Waals surface area contributed by atoms with Gasteiger partial charge in [-0.2, -0.15) is 5.26 Å². The molecule has 200 valence electrons. The standard InChI is InChI=1S/C29H21N3O6S2/c1-35-20-14-17(15-21(36-2)24(20)37-3)28(34)38-25-22(16-30)40-27-23(25)26(33)31(18-10-6-4-7-11-18)29(39)32(27)19-12-8-5-9-13-19/h4-15H,1-3H3. The van der Waals surface area contributed by atoms with E-state index in [4.69, 9.17) is 31.2 Å². The molecule has 2 aromatic heterocycles. The van der Waals surface area contributed by atoms with Gasteiger partial charge in [-0.3, -0.25) is 13.9 Å². The SMILES string of the molecule is COc1cc(C(=O)Oc2c(C#N)sc3c2c(=O)n(-c2ccccc2)c(=S)n3-c2ccccc2)cc(OC)c1OC. The Morgan fingerprint density at radius 1 is 0.850 bits per heavy atom. The van der Waals surface area contributed by atoms with Gasteiger partial charge in [0.15, 0.2) is 26.9 Å². The third-order valence-electron chi connectivity index (χ3n) is 6.07. The van der Waals surface area contributed by atoms with Crippen LogP contribution in [-0.4, -0.2) is 36.4 Å². The summed E-state index contributed by atoms with van der Waals surface area (Å²) in [6.07, 6.45) is 0. The second-order valence-electron chi connectivity index (χ2n) is 8.29. The summed E-state index contributed by atoms with van der Waals surface area (Å²) < 4.78 is 25.1. The molecule has 0 saturated carbocycles. The highest BCUT2D eigenvalue weighted by atomic mass is 32.1. The Morgan fingerprint density at radius 2 is 1.40 bits per heavy atom. The van der Waals surface area contributed by atoms with E-state index >= 15 is 0 Å². The van der Waals surface area contributed by atoms with Crippen molar-refractivity contribution in [2.75, 3.05) is 21.3 Å². The Morgan fingerprint density at radius 3 is 1.90 bits per heavy atom. The van der Waals surface area contributed by atoms with E-state index in [-0.39, 0.29) is 37.8 Å². The number of para-hydroxylation sites is 2. The molecular weight excluding hydrogens is 550 g/mol. The van der Waals surface area contributed by atoms with Gasteiger partial charge >= 0.3 is 5.97 Å². The molecule has 0 amide bonds. The molecule has 5 aromatic rings. The first-order chi connectivity index (χ1) is 19.4. The number of benzene rings is 3. The van der Waals surface area contributed by atoms with Crippen LogP contribution in [0.1, 0.15) is 15.2 Å². The number of carbonyl (C=O) groups excluding carboxylic acids is 1. The zero-order valence-corrected chi connectivity index (χ0v) is 23.2. The third-order valence-corrected chi connectivity index (χ3v) is 7.50. The Kier molecular flexibility index (Phi) is 7.37. The number of carbonyl (C=O) groups is 1. The summed E-state index contributed by atoms with van der Waals surface area (Å²) in [7, 11) is 4.29. The molecule has 0 aliphatic heterocycles. The number of nitriles is 1. The van der Waals surface area contributed by atoms with Crippen LogP contribution in [0.15, 0.2) is 77.6 Å². The summed E-state index contributed by atoms with van der Waals surface area (Å²) in [5.74, 6) is -0.194. The van der Waals surface area contributed by atoms with Gasteiger partial charge in [-0.25, -0.2) is 4.79 Å². The van der Waals surface area contributed by atoms with E-state index in [1.807, 2.05) is 36.4 Å². The lowest BCUT2D eigenvalue weighted by Gasteiger charge is -2.15. The summed E-state index contributed by atoms with van der Waals surface area (Å²) >= 11 is 6.82. The molecule has 0 bridgehead atoms. The molecule has 5 rings (SSSR count). The average Bonchev–Trinajstić information content (AvgIpc) is 3.35. The van der Waals surface area contributed by atoms with Crippen molar-refractivity contribution in [2.24, 2.45) is 0 Å². The van der Waals surface area contributed by atoms with E-state index in [1.54, 1.807) is 28.8 Å². The van der Waals surface area contributed by atoms with Crippen LogP contribution in [-0.2, 0) is 0 Å². The number of esters is 1. The van der Waals surface area contributed by atoms with E-state index in [0.717, 1.165) is 11.3 Å². The molecule has 0 aliphatic rings. The molecule has 0 N–H and O–H groups in total. The Labute approximate surface area is 237 Å². The molecule has 0 radical (unpaired) electrons. The van der Waals surface area contributed by atoms with Gasteiger partial charge < -0.3 is 18.9 Å². The summed E-state index contributed by atoms with van der Waals surface area (Å²) in [6, 6.07) is 23.0. The summed E-state index contributed by atoms with van der Waals surface area (Å²) in [4.78, 5) is 27.9. The third kappa shape index (κ3) is 4.49. The van der Waals surface area contributed by atoms with Gasteiger partial charge in [0.05, 0.1) is 32.6 Å². The van der Waals surface area contributed by atoms with Gasteiger partial charge in [-0.15, -0.1) is 11.3 Å². The smallest absolute Gasteiger partial charge is 0.343 e. The van der Waals surface area contributed by atoms with Crippen molar-refractivity contribution >= 4 is 39.7 Å². The first-order valence-electron chi connectivity index (χ1n) is 11.8. The first-order valence-corrected chi connectivity index (χ1v) is 13.0. The summed E-state index contributed by atoms with van der Waals surface area (Å²) in [6.45, 7) is 0. The minimum atomic E-state index is -0.824. The number of methoxy groups -OCH3 is 3. The van der Waals surface area contributed by atoms with Gasteiger partial charge in [0.2, 0.25) is 5.75 Å². The largest absolute Gasteiger partial charge is 0.493 e. The lowest BCUT2D eigenvalue weighted by Crippen LogP contribution is -2.23. The molecule has 0 fully saturated rings. The van der Waals surface area contributed by atoms with Gasteiger partial charge in [-0.1, -0.05) is 36.4 Å². The lowest BCUT2D eigenvalue weighted by molar-refractivity contribution is 0.0736. The number of fused-ring (bicyclic) bond motifs is 1. The maximum atomic E-state index is 14.0. The minimum absolute atomic E-state index is 0.0396. The first kappa shape index (κ1) is 26.7. The highest BCUT2D eigenvalue weighted by molar-refractivity contribution is 7.71. The number of hydrogen-bond donors (Lipinski definition) is 0. The van der Waals surface area contributed by atoms with Crippen molar-refractivity contribution in [2.45, 2.75) is 0 Å². The normalized spacial score (nSPS) is 10.7. The Bertz CT molecular complexity index is 1880. The minimum Gasteiger partial charge on any atom is -0.493 e. The molecule has 0 unspecified atom stereocenters. The monoisotopic (exact) mass is 571 g/mol. The molecule has 0 saturated heterocycles. The quantitative estimate of drug-likeness (QED) is 0.181. The van der Waals surface area contributed by atoms with Crippen molar-refractivity contribution in [3.63, 3.8) is 0 Å². The van der Waals surface area contributed by atoms with Gasteiger partial charge in [0.25, 0.3) is 5.56 Å². The van der Waals surface area contributed by atoms with E-state index < -0.39 is 11.5 Å². The van der Waals surface area contributed by atoms with Crippen LogP contribution in [0.2, 0.25) is 0 Å². The van der Waals surface area contributed by atoms with Crippen molar-refractivity contribution in [1.82, 2.24) is 9.13 Å². The van der Waals surface area contributed by atoms with Crippen molar-refractivity contribution in [3.05, 3.63) is 98.4 Å². The average molecular weight is 572 g/mol. The van der Waals surface area contributed by atoms with Crippen molar-refractivity contribution < 1.29 is 23.7 Å². The zero-order valence-electron chi connectivity index (χ0n) is 21.5. The van der Waals surface area contributed by atoms with Crippen LogP contribution < -0.4 is 24.5 Å². The van der Waals surface area contributed by atoms with Gasteiger partial charge in [0.1, 0.15) is 16.3 Å². The van der Waals surface area contributed by atoms with Crippen LogP contribution in [0.3, 0.4) is 0 Å². The number of thiophene rings is 1. The molecule has 0 spiro atoms. The fourth-order valence-electron chi connectivity index (χ4n) is 4.27. The van der Waals surface area contributed by atoms with Gasteiger partial charge in [-0.05, 0) is 48.6 Å². The van der Waals surface area contributed by atoms with Crippen LogP contribution in [0.5, 0.6) is 23.0 Å². The second-order valence-corrected chi connectivity index (χ2v) is 9.65. The zero-order chi connectivity index (χ0) is 28.4. The maximum Gasteiger partial charge on any atom is 0.343 e. The Balaban J connectivity index is 1.78. The number of hydrogen-bond acceptors (Lipinski definition) is 9. The van der Waals surface area contributed by atoms with E-state index in [1.165, 1.54) is 38.0 Å². The number of rotatable bonds is 7. The van der Waals surface area contributed by atoms with Crippen LogP contribution in [0.4, 0.5) is 0 Å². The topological polar surface area (TPSA) is 105 Å². The summed E-state index contributed by atoms with van der Waals surface area (Å²) in [5, 5.41) is 10.1. The van der Waals surface area contributed by atoms with Crippen LogP contribution in [0, 0.1) is 16.1 Å². The molecule has 11 heteroatoms. The molecule has 3 aromatic carbocycles. The predicted molar refractivity (Wildman–Crippen MR) is 153 cm³/mol.